The van der Waals surface area contributed by atoms with Gasteiger partial charge in [-0.05, 0) is 26.9 Å². The fraction of sp³-hybridized carbons (Fsp3) is 1.00. The van der Waals surface area contributed by atoms with Gasteiger partial charge in [-0.3, -0.25) is 0 Å². The average molecular weight is 178 g/mol. The van der Waals surface area contributed by atoms with Crippen LogP contribution in [0.5, 0.6) is 0 Å². The van der Waals surface area contributed by atoms with E-state index in [4.69, 9.17) is 5.73 Å². The predicted octanol–water partition coefficient (Wildman–Crippen LogP) is 1.06. The highest BCUT2D eigenvalue weighted by molar-refractivity contribution is 4.95. The molecule has 0 aliphatic carbocycles. The molecular weight excluding hydrogens is 162 g/mol. The van der Waals surface area contributed by atoms with E-state index < -0.39 is 11.5 Å². The van der Waals surface area contributed by atoms with Crippen molar-refractivity contribution in [3.8, 4) is 0 Å². The Morgan fingerprint density at radius 1 is 1.58 bits per heavy atom. The molecule has 0 radical (unpaired) electrons. The minimum atomic E-state index is -2.64. The Labute approximate surface area is 71.7 Å². The number of hydrogen-bond acceptors (Lipinski definition) is 2. The maximum Gasteiger partial charge on any atom is 0.247 e. The lowest BCUT2D eigenvalue weighted by Gasteiger charge is -2.26. The van der Waals surface area contributed by atoms with Crippen LogP contribution in [0.25, 0.3) is 0 Å². The van der Waals surface area contributed by atoms with Crippen molar-refractivity contribution in [2.24, 2.45) is 5.73 Å². The van der Waals surface area contributed by atoms with Gasteiger partial charge in [0.15, 0.2) is 0 Å². The topological polar surface area (TPSA) is 29.3 Å². The van der Waals surface area contributed by atoms with Gasteiger partial charge in [0.25, 0.3) is 0 Å². The van der Waals surface area contributed by atoms with Crippen molar-refractivity contribution in [1.29, 1.82) is 0 Å². The molecule has 0 spiro atoms. The summed E-state index contributed by atoms with van der Waals surface area (Å²) in [6, 6.07) is 0. The molecule has 1 atom stereocenters. The number of rotatable bonds is 2. The van der Waals surface area contributed by atoms with Crippen molar-refractivity contribution in [3.63, 3.8) is 0 Å². The molecule has 72 valence electrons. The smallest absolute Gasteiger partial charge is 0.247 e. The summed E-state index contributed by atoms with van der Waals surface area (Å²) >= 11 is 0. The third kappa shape index (κ3) is 2.68. The lowest BCUT2D eigenvalue weighted by atomic mass is 9.92. The van der Waals surface area contributed by atoms with E-state index in [-0.39, 0.29) is 6.42 Å². The number of halogens is 2. The number of likely N-dealkylation sites (N-methyl/N-ethyl adjacent to an activating group) is 1. The molecule has 2 N–H and O–H groups in total. The highest BCUT2D eigenvalue weighted by atomic mass is 19.3. The van der Waals surface area contributed by atoms with Crippen molar-refractivity contribution >= 4 is 0 Å². The molecule has 0 amide bonds. The van der Waals surface area contributed by atoms with Gasteiger partial charge in [0, 0.05) is 18.5 Å². The van der Waals surface area contributed by atoms with Crippen LogP contribution in [-0.4, -0.2) is 36.5 Å². The molecule has 4 heteroatoms. The van der Waals surface area contributed by atoms with E-state index in [9.17, 15) is 8.78 Å². The second-order valence-electron chi connectivity index (χ2n) is 4.10. The zero-order valence-electron chi connectivity index (χ0n) is 7.61. The van der Waals surface area contributed by atoms with Crippen molar-refractivity contribution in [1.82, 2.24) is 4.90 Å². The molecule has 1 aliphatic heterocycles. The zero-order valence-corrected chi connectivity index (χ0v) is 7.61. The van der Waals surface area contributed by atoms with Crippen LogP contribution in [0.1, 0.15) is 19.8 Å². The molecule has 0 saturated carbocycles. The van der Waals surface area contributed by atoms with Crippen LogP contribution in [-0.2, 0) is 0 Å². The predicted molar refractivity (Wildman–Crippen MR) is 44.3 cm³/mol. The fourth-order valence-electron chi connectivity index (χ4n) is 1.87. The van der Waals surface area contributed by atoms with Gasteiger partial charge in [0.1, 0.15) is 0 Å². The van der Waals surface area contributed by atoms with Crippen molar-refractivity contribution in [2.45, 2.75) is 31.2 Å². The minimum absolute atomic E-state index is 0.204. The Hall–Kier alpha value is -0.220. The molecule has 2 nitrogen and oxygen atoms in total. The molecule has 12 heavy (non-hydrogen) atoms. The third-order valence-corrected chi connectivity index (χ3v) is 2.24. The van der Waals surface area contributed by atoms with Crippen LogP contribution < -0.4 is 5.73 Å². The minimum Gasteiger partial charge on any atom is -0.324 e. The normalized spacial score (nSPS) is 32.8. The number of likely N-dealkylation sites (tertiary alicyclic amines) is 1. The standard InChI is InChI=1S/C8H16F2N2/c1-7(9,10)5-8(11)3-4-12(2)6-8/h3-6,11H2,1-2H3. The molecule has 0 bridgehead atoms. The van der Waals surface area contributed by atoms with Crippen LogP contribution in [0.2, 0.25) is 0 Å². The molecule has 1 saturated heterocycles. The first kappa shape index (κ1) is 9.86. The van der Waals surface area contributed by atoms with E-state index in [1.54, 1.807) is 0 Å². The van der Waals surface area contributed by atoms with Gasteiger partial charge in [-0.2, -0.15) is 0 Å². The maximum absolute atomic E-state index is 12.6. The van der Waals surface area contributed by atoms with Crippen molar-refractivity contribution in [3.05, 3.63) is 0 Å². The first-order chi connectivity index (χ1) is 5.31. The first-order valence-corrected chi connectivity index (χ1v) is 4.16. The second-order valence-corrected chi connectivity index (χ2v) is 4.10. The van der Waals surface area contributed by atoms with Crippen molar-refractivity contribution in [2.75, 3.05) is 20.1 Å². The van der Waals surface area contributed by atoms with E-state index in [1.165, 1.54) is 0 Å². The molecule has 0 aromatic heterocycles. The average Bonchev–Trinajstić information content (AvgIpc) is 2.05. The molecule has 0 aromatic rings. The van der Waals surface area contributed by atoms with Gasteiger partial charge >= 0.3 is 0 Å². The number of alkyl halides is 2. The second kappa shape index (κ2) is 2.92. The summed E-state index contributed by atoms with van der Waals surface area (Å²) in [5, 5.41) is 0. The van der Waals surface area contributed by atoms with Crippen LogP contribution in [0.15, 0.2) is 0 Å². The molecule has 0 aromatic carbocycles. The molecular formula is C8H16F2N2. The summed E-state index contributed by atoms with van der Waals surface area (Å²) < 4.78 is 25.3. The largest absolute Gasteiger partial charge is 0.324 e. The highest BCUT2D eigenvalue weighted by Gasteiger charge is 2.40. The van der Waals surface area contributed by atoms with E-state index in [1.807, 2.05) is 11.9 Å². The van der Waals surface area contributed by atoms with Crippen LogP contribution in [0.3, 0.4) is 0 Å². The number of nitrogens with zero attached hydrogens (tertiary/aromatic N) is 1. The van der Waals surface area contributed by atoms with E-state index in [0.717, 1.165) is 13.5 Å². The van der Waals surface area contributed by atoms with Gasteiger partial charge in [0.05, 0.1) is 0 Å². The Balaban J connectivity index is 2.51. The Morgan fingerprint density at radius 3 is 2.50 bits per heavy atom. The first-order valence-electron chi connectivity index (χ1n) is 4.16. The van der Waals surface area contributed by atoms with E-state index in [2.05, 4.69) is 0 Å². The number of hydrogen-bond donors (Lipinski definition) is 1. The summed E-state index contributed by atoms with van der Waals surface area (Å²) in [7, 11) is 1.91. The van der Waals surface area contributed by atoms with E-state index in [0.29, 0.717) is 13.0 Å². The number of nitrogens with two attached hydrogens (primary N) is 1. The fourth-order valence-corrected chi connectivity index (χ4v) is 1.87. The monoisotopic (exact) mass is 178 g/mol. The molecule has 1 heterocycles. The van der Waals surface area contributed by atoms with Gasteiger partial charge in [-0.1, -0.05) is 0 Å². The Bertz CT molecular complexity index is 167. The summed E-state index contributed by atoms with van der Waals surface area (Å²) in [6.07, 6.45) is 0.470. The lowest BCUT2D eigenvalue weighted by Crippen LogP contribution is -2.46. The molecule has 1 rings (SSSR count). The van der Waals surface area contributed by atoms with Gasteiger partial charge < -0.3 is 10.6 Å². The Morgan fingerprint density at radius 2 is 2.17 bits per heavy atom. The summed E-state index contributed by atoms with van der Waals surface area (Å²) in [4.78, 5) is 1.99. The summed E-state index contributed by atoms with van der Waals surface area (Å²) in [6.45, 7) is 2.34. The van der Waals surface area contributed by atoms with E-state index >= 15 is 0 Å². The summed E-state index contributed by atoms with van der Waals surface area (Å²) in [5.41, 5.74) is 5.14. The lowest BCUT2D eigenvalue weighted by molar-refractivity contribution is -0.00771. The highest BCUT2D eigenvalue weighted by Crippen LogP contribution is 2.29. The maximum atomic E-state index is 12.6. The Kier molecular flexibility index (Phi) is 2.40. The van der Waals surface area contributed by atoms with Crippen LogP contribution in [0, 0.1) is 0 Å². The molecule has 1 unspecified atom stereocenters. The van der Waals surface area contributed by atoms with Gasteiger partial charge in [-0.25, -0.2) is 8.78 Å². The quantitative estimate of drug-likeness (QED) is 0.685. The molecule has 1 aliphatic rings. The van der Waals surface area contributed by atoms with Gasteiger partial charge in [-0.15, -0.1) is 0 Å². The zero-order chi connectivity index (χ0) is 9.41. The van der Waals surface area contributed by atoms with Crippen LogP contribution >= 0.6 is 0 Å². The van der Waals surface area contributed by atoms with Gasteiger partial charge in [0.2, 0.25) is 5.92 Å². The molecule has 1 fully saturated rings. The van der Waals surface area contributed by atoms with Crippen LogP contribution in [0.4, 0.5) is 8.78 Å². The SMILES string of the molecule is CN1CCC(N)(CC(C)(F)F)C1. The summed E-state index contributed by atoms with van der Waals surface area (Å²) in [5.74, 6) is -2.64. The van der Waals surface area contributed by atoms with Crippen molar-refractivity contribution < 1.29 is 8.78 Å². The third-order valence-electron chi connectivity index (χ3n) is 2.24.